The number of aryl methyl sites for hydroxylation is 1. The zero-order valence-electron chi connectivity index (χ0n) is 21.6. The number of carbonyl (C=O) groups is 1. The molecule has 0 radical (unpaired) electrons. The largest absolute Gasteiger partial charge is 0.437 e. The van der Waals surface area contributed by atoms with Crippen LogP contribution in [0.15, 0.2) is 72.8 Å². The number of nitrogens with zero attached hydrogens (tertiary/aromatic N) is 6. The summed E-state index contributed by atoms with van der Waals surface area (Å²) in [4.78, 5) is 27.8. The van der Waals surface area contributed by atoms with Crippen molar-refractivity contribution in [3.63, 3.8) is 0 Å². The van der Waals surface area contributed by atoms with Crippen LogP contribution in [0.2, 0.25) is 0 Å². The van der Waals surface area contributed by atoms with Crippen LogP contribution in [0.5, 0.6) is 23.4 Å². The van der Waals surface area contributed by atoms with Crippen molar-refractivity contribution >= 4 is 22.8 Å². The minimum absolute atomic E-state index is 0.0333. The smallest absolute Gasteiger partial charge is 0.327 e. The molecule has 10 nitrogen and oxygen atoms in total. The summed E-state index contributed by atoms with van der Waals surface area (Å²) >= 11 is 0. The summed E-state index contributed by atoms with van der Waals surface area (Å²) in [5.41, 5.74) is 9.24. The maximum absolute atomic E-state index is 12.5. The number of hydrogen-bond acceptors (Lipinski definition) is 8. The Morgan fingerprint density at radius 2 is 1.79 bits per heavy atom. The van der Waals surface area contributed by atoms with Crippen LogP contribution in [0.3, 0.4) is 0 Å². The van der Waals surface area contributed by atoms with Gasteiger partial charge in [-0.15, -0.1) is 0 Å². The van der Waals surface area contributed by atoms with Crippen LogP contribution in [-0.2, 0) is 6.54 Å². The molecule has 0 fully saturated rings. The minimum atomic E-state index is -0.159. The zero-order valence-corrected chi connectivity index (χ0v) is 21.6. The topological polar surface area (TPSA) is 132 Å². The lowest BCUT2D eigenvalue weighted by Gasteiger charge is -2.13. The Hall–Kier alpha value is -5.43. The highest BCUT2D eigenvalue weighted by Gasteiger charge is 2.20. The first-order chi connectivity index (χ1) is 18.8. The minimum Gasteiger partial charge on any atom is -0.437 e. The van der Waals surface area contributed by atoms with Gasteiger partial charge in [0.1, 0.15) is 11.6 Å². The fourth-order valence-corrected chi connectivity index (χ4v) is 3.99. The van der Waals surface area contributed by atoms with E-state index in [0.29, 0.717) is 46.1 Å². The Kier molecular flexibility index (Phi) is 6.80. The van der Waals surface area contributed by atoms with Gasteiger partial charge in [0.25, 0.3) is 11.8 Å². The van der Waals surface area contributed by atoms with Crippen molar-refractivity contribution in [1.82, 2.24) is 24.4 Å². The molecule has 0 saturated heterocycles. The van der Waals surface area contributed by atoms with E-state index in [9.17, 15) is 10.1 Å². The molecule has 10 heteroatoms. The maximum Gasteiger partial charge on any atom is 0.327 e. The van der Waals surface area contributed by atoms with Crippen molar-refractivity contribution in [1.29, 1.82) is 5.26 Å². The van der Waals surface area contributed by atoms with Crippen LogP contribution in [0.25, 0.3) is 11.2 Å². The van der Waals surface area contributed by atoms with Crippen LogP contribution in [0, 0.1) is 18.3 Å². The molecule has 0 spiro atoms. The van der Waals surface area contributed by atoms with E-state index in [1.54, 1.807) is 50.5 Å². The number of benzene rings is 3. The van der Waals surface area contributed by atoms with Crippen LogP contribution in [-0.4, -0.2) is 44.4 Å². The normalized spacial score (nSPS) is 10.7. The Bertz CT molecular complexity index is 1720. The quantitative estimate of drug-likeness (QED) is 0.300. The number of ether oxygens (including phenoxy) is 2. The van der Waals surface area contributed by atoms with Crippen molar-refractivity contribution in [2.75, 3.05) is 19.8 Å². The predicted octanol–water partition coefficient (Wildman–Crippen LogP) is 4.92. The molecule has 2 heterocycles. The highest BCUT2D eigenvalue weighted by molar-refractivity contribution is 5.94. The third kappa shape index (κ3) is 5.33. The van der Waals surface area contributed by atoms with Gasteiger partial charge in [-0.1, -0.05) is 36.4 Å². The summed E-state index contributed by atoms with van der Waals surface area (Å²) in [6.07, 6.45) is 0. The second-order valence-corrected chi connectivity index (χ2v) is 9.01. The van der Waals surface area contributed by atoms with Crippen molar-refractivity contribution in [3.05, 3.63) is 95.3 Å². The molecule has 2 N–H and O–H groups in total. The molecule has 0 aliphatic heterocycles. The van der Waals surface area contributed by atoms with Gasteiger partial charge >= 0.3 is 6.01 Å². The Morgan fingerprint density at radius 3 is 2.54 bits per heavy atom. The molecule has 194 valence electrons. The van der Waals surface area contributed by atoms with Gasteiger partial charge < -0.3 is 24.7 Å². The number of nitriles is 1. The van der Waals surface area contributed by atoms with Crippen molar-refractivity contribution in [3.8, 4) is 29.5 Å². The molecular formula is C29H25N7O3. The maximum atomic E-state index is 12.5. The first-order valence-corrected chi connectivity index (χ1v) is 12.1. The second-order valence-electron chi connectivity index (χ2n) is 9.01. The number of anilines is 1. The number of carbonyl (C=O) groups excluding carboxylic acids is 1. The fourth-order valence-electron chi connectivity index (χ4n) is 3.99. The monoisotopic (exact) mass is 519 g/mol. The summed E-state index contributed by atoms with van der Waals surface area (Å²) in [7, 11) is 3.37. The van der Waals surface area contributed by atoms with Crippen molar-refractivity contribution in [2.24, 2.45) is 0 Å². The van der Waals surface area contributed by atoms with E-state index in [2.05, 4.69) is 16.0 Å². The van der Waals surface area contributed by atoms with Crippen LogP contribution < -0.4 is 15.2 Å². The average Bonchev–Trinajstić information content (AvgIpc) is 3.25. The molecule has 39 heavy (non-hydrogen) atoms. The molecule has 0 bridgehead atoms. The van der Waals surface area contributed by atoms with Gasteiger partial charge in [0.05, 0.1) is 23.9 Å². The number of aromatic nitrogens is 4. The molecule has 0 saturated carbocycles. The van der Waals surface area contributed by atoms with Gasteiger partial charge in [-0.2, -0.15) is 15.2 Å². The molecule has 0 aliphatic carbocycles. The van der Waals surface area contributed by atoms with Gasteiger partial charge in [-0.05, 0) is 42.8 Å². The molecular weight excluding hydrogens is 494 g/mol. The first-order valence-electron chi connectivity index (χ1n) is 12.1. The number of fused-ring (bicyclic) bond motifs is 1. The van der Waals surface area contributed by atoms with Crippen LogP contribution in [0.1, 0.15) is 27.3 Å². The molecule has 5 aromatic rings. The third-order valence-electron chi connectivity index (χ3n) is 5.96. The lowest BCUT2D eigenvalue weighted by Crippen LogP contribution is -2.21. The summed E-state index contributed by atoms with van der Waals surface area (Å²) in [6.45, 7) is 2.39. The van der Waals surface area contributed by atoms with E-state index < -0.39 is 0 Å². The number of hydrogen-bond donors (Lipinski definition) is 1. The zero-order chi connectivity index (χ0) is 27.5. The van der Waals surface area contributed by atoms with Gasteiger partial charge in [0, 0.05) is 25.7 Å². The highest BCUT2D eigenvalue weighted by atomic mass is 16.5. The summed E-state index contributed by atoms with van der Waals surface area (Å²) < 4.78 is 14.1. The van der Waals surface area contributed by atoms with Crippen LogP contribution >= 0.6 is 0 Å². The molecule has 5 rings (SSSR count). The molecule has 0 unspecified atom stereocenters. The van der Waals surface area contributed by atoms with E-state index in [-0.39, 0.29) is 23.5 Å². The van der Waals surface area contributed by atoms with Gasteiger partial charge in [-0.25, -0.2) is 4.98 Å². The molecule has 0 aliphatic rings. The second kappa shape index (κ2) is 10.5. The third-order valence-corrected chi connectivity index (χ3v) is 5.96. The SMILES string of the molecule is Cc1nc2c(Oc3cccc(C(=O)N(C)C)c3)nc(Oc3cc(C#N)ccc3N)nc2n1Cc1ccccc1. The number of amides is 1. The summed E-state index contributed by atoms with van der Waals surface area (Å²) in [5.74, 6) is 1.33. The Balaban J connectivity index is 1.62. The molecule has 3 aromatic carbocycles. The predicted molar refractivity (Wildman–Crippen MR) is 146 cm³/mol. The van der Waals surface area contributed by atoms with E-state index in [1.807, 2.05) is 41.8 Å². The van der Waals surface area contributed by atoms with E-state index in [0.717, 1.165) is 5.56 Å². The first kappa shape index (κ1) is 25.2. The molecule has 0 atom stereocenters. The Morgan fingerprint density at radius 1 is 1.00 bits per heavy atom. The van der Waals surface area contributed by atoms with Crippen molar-refractivity contribution in [2.45, 2.75) is 13.5 Å². The standard InChI is InChI=1S/C29H25N7O3/c1-18-32-25-26(36(18)17-19-8-5-4-6-9-19)33-29(39-24-14-20(16-30)12-13-23(24)31)34-27(25)38-22-11-7-10-21(15-22)28(37)35(2)3/h4-15H,17,31H2,1-3H3. The summed E-state index contributed by atoms with van der Waals surface area (Å²) in [6, 6.07) is 23.5. The lowest BCUT2D eigenvalue weighted by molar-refractivity contribution is 0.0827. The van der Waals surface area contributed by atoms with Gasteiger partial charge in [-0.3, -0.25) is 4.79 Å². The summed E-state index contributed by atoms with van der Waals surface area (Å²) in [5, 5.41) is 9.31. The van der Waals surface area contributed by atoms with Gasteiger partial charge in [0.15, 0.2) is 16.9 Å². The van der Waals surface area contributed by atoms with Gasteiger partial charge in [0.2, 0.25) is 0 Å². The van der Waals surface area contributed by atoms with E-state index in [1.165, 1.54) is 11.0 Å². The number of nitrogens with two attached hydrogens (primary N) is 1. The number of nitrogen functional groups attached to an aromatic ring is 1. The fraction of sp³-hybridized carbons (Fsp3) is 0.138. The highest BCUT2D eigenvalue weighted by Crippen LogP contribution is 2.33. The van der Waals surface area contributed by atoms with E-state index >= 15 is 0 Å². The Labute approximate surface area is 224 Å². The molecule has 1 amide bonds. The number of rotatable bonds is 7. The molecule has 2 aromatic heterocycles. The lowest BCUT2D eigenvalue weighted by atomic mass is 10.2. The van der Waals surface area contributed by atoms with Crippen molar-refractivity contribution < 1.29 is 14.3 Å². The number of imidazole rings is 1. The van der Waals surface area contributed by atoms with E-state index in [4.69, 9.17) is 20.2 Å². The average molecular weight is 520 g/mol. The van der Waals surface area contributed by atoms with Crippen LogP contribution in [0.4, 0.5) is 5.69 Å².